The third kappa shape index (κ3) is 1.91. The van der Waals surface area contributed by atoms with Crippen LogP contribution in [0.15, 0.2) is 51.8 Å². The summed E-state index contributed by atoms with van der Waals surface area (Å²) in [6.45, 7) is 0. The molecule has 0 bridgehead atoms. The minimum atomic E-state index is -0.362. The number of carbonyl (C=O) groups excluding carboxylic acids is 2. The highest BCUT2D eigenvalue weighted by Crippen LogP contribution is 2.42. The molecule has 20 heavy (non-hydrogen) atoms. The third-order valence-electron chi connectivity index (χ3n) is 3.90. The average molecular weight is 284 g/mol. The van der Waals surface area contributed by atoms with E-state index in [0.717, 1.165) is 10.5 Å². The summed E-state index contributed by atoms with van der Waals surface area (Å²) in [5.74, 6) is -0.252. The molecule has 2 unspecified atom stereocenters. The monoisotopic (exact) mass is 284 g/mol. The van der Waals surface area contributed by atoms with E-state index in [9.17, 15) is 9.59 Å². The van der Waals surface area contributed by atoms with Crippen LogP contribution in [-0.4, -0.2) is 17.9 Å². The first-order valence-corrected chi connectivity index (χ1v) is 7.46. The predicted octanol–water partition coefficient (Wildman–Crippen LogP) is 2.66. The van der Waals surface area contributed by atoms with Crippen molar-refractivity contribution >= 4 is 23.5 Å². The van der Waals surface area contributed by atoms with Crippen molar-refractivity contribution in [3.05, 3.63) is 52.5 Å². The fourth-order valence-corrected chi connectivity index (χ4v) is 3.83. The van der Waals surface area contributed by atoms with Gasteiger partial charge in [-0.05, 0) is 11.6 Å². The van der Waals surface area contributed by atoms with Crippen molar-refractivity contribution in [3.63, 3.8) is 0 Å². The zero-order valence-electron chi connectivity index (χ0n) is 10.7. The number of ether oxygens (including phenoxy) is 1. The van der Waals surface area contributed by atoms with Crippen LogP contribution >= 0.6 is 11.8 Å². The topological polar surface area (TPSA) is 46.7 Å². The Hall–Kier alpha value is -1.81. The average Bonchev–Trinajstić information content (AvgIpc) is 3.16. The number of hydrogen-bond donors (Lipinski definition) is 0. The molecule has 2 heterocycles. The second-order valence-electron chi connectivity index (χ2n) is 5.22. The van der Waals surface area contributed by atoms with E-state index in [4.69, 9.17) is 4.74 Å². The SMILES string of the molecule is O=C1C2=C(C=CC1CC1OC1=O)Sc1ccccc1C2. The summed E-state index contributed by atoms with van der Waals surface area (Å²) in [5, 5.41) is 0. The zero-order chi connectivity index (χ0) is 13.7. The molecule has 3 nitrogen and oxygen atoms in total. The second kappa shape index (κ2) is 4.35. The van der Waals surface area contributed by atoms with E-state index in [-0.39, 0.29) is 23.8 Å². The van der Waals surface area contributed by atoms with Crippen molar-refractivity contribution in [1.82, 2.24) is 0 Å². The van der Waals surface area contributed by atoms with E-state index >= 15 is 0 Å². The van der Waals surface area contributed by atoms with E-state index in [1.165, 1.54) is 10.5 Å². The van der Waals surface area contributed by atoms with Crippen molar-refractivity contribution in [2.24, 2.45) is 5.92 Å². The van der Waals surface area contributed by atoms with Gasteiger partial charge in [-0.3, -0.25) is 4.79 Å². The number of rotatable bonds is 2. The summed E-state index contributed by atoms with van der Waals surface area (Å²) in [5.41, 5.74) is 2.09. The van der Waals surface area contributed by atoms with Gasteiger partial charge in [0.15, 0.2) is 11.9 Å². The van der Waals surface area contributed by atoms with Crippen LogP contribution in [0, 0.1) is 5.92 Å². The van der Waals surface area contributed by atoms with Crippen LogP contribution in [0.1, 0.15) is 12.0 Å². The number of ketones is 1. The van der Waals surface area contributed by atoms with Crippen LogP contribution in [0.3, 0.4) is 0 Å². The molecule has 3 aliphatic rings. The minimum Gasteiger partial charge on any atom is -0.448 e. The van der Waals surface area contributed by atoms with Gasteiger partial charge in [-0.1, -0.05) is 42.1 Å². The Balaban J connectivity index is 1.60. The van der Waals surface area contributed by atoms with Crippen LogP contribution in [0.5, 0.6) is 0 Å². The number of epoxide rings is 1. The highest BCUT2D eigenvalue weighted by Gasteiger charge is 2.42. The van der Waals surface area contributed by atoms with Crippen LogP contribution < -0.4 is 0 Å². The molecule has 1 aliphatic carbocycles. The lowest BCUT2D eigenvalue weighted by atomic mass is 9.86. The van der Waals surface area contributed by atoms with Gasteiger partial charge in [0.25, 0.3) is 0 Å². The maximum Gasteiger partial charge on any atom is 0.348 e. The molecule has 100 valence electrons. The summed E-state index contributed by atoms with van der Waals surface area (Å²) in [7, 11) is 0. The molecule has 0 saturated carbocycles. The van der Waals surface area contributed by atoms with Crippen LogP contribution in [0.4, 0.5) is 0 Å². The Bertz CT molecular complexity index is 687. The van der Waals surface area contributed by atoms with Gasteiger partial charge in [-0.25, -0.2) is 4.79 Å². The van der Waals surface area contributed by atoms with Gasteiger partial charge in [0.1, 0.15) is 0 Å². The first kappa shape index (κ1) is 12.0. The lowest BCUT2D eigenvalue weighted by molar-refractivity contribution is -0.118. The summed E-state index contributed by atoms with van der Waals surface area (Å²) >= 11 is 1.66. The number of fused-ring (bicyclic) bond motifs is 1. The highest BCUT2D eigenvalue weighted by molar-refractivity contribution is 8.03. The molecule has 0 spiro atoms. The van der Waals surface area contributed by atoms with Crippen molar-refractivity contribution < 1.29 is 14.3 Å². The Morgan fingerprint density at radius 2 is 2.05 bits per heavy atom. The fraction of sp³-hybridized carbons (Fsp3) is 0.250. The molecule has 1 saturated heterocycles. The van der Waals surface area contributed by atoms with Crippen LogP contribution in [-0.2, 0) is 20.7 Å². The zero-order valence-corrected chi connectivity index (χ0v) is 11.5. The number of Topliss-reactive ketones (excluding diaryl/α,β-unsaturated/α-hetero) is 1. The number of benzene rings is 1. The van der Waals surface area contributed by atoms with E-state index in [1.54, 1.807) is 11.8 Å². The molecule has 1 aromatic rings. The first-order valence-electron chi connectivity index (χ1n) is 6.64. The standard InChI is InChI=1S/C16H12O3S/c17-15-10(8-12-16(18)19-12)5-6-14-11(15)7-9-3-1-2-4-13(9)20-14/h1-6,10,12H,7-8H2. The molecule has 1 fully saturated rings. The van der Waals surface area contributed by atoms with Crippen molar-refractivity contribution in [3.8, 4) is 0 Å². The second-order valence-corrected chi connectivity index (χ2v) is 6.30. The molecule has 4 heteroatoms. The lowest BCUT2D eigenvalue weighted by Crippen LogP contribution is -2.23. The van der Waals surface area contributed by atoms with Crippen LogP contribution in [0.25, 0.3) is 0 Å². The molecule has 0 amide bonds. The molecule has 0 N–H and O–H groups in total. The Kier molecular flexibility index (Phi) is 2.60. The largest absolute Gasteiger partial charge is 0.448 e. The maximum absolute atomic E-state index is 12.6. The number of hydrogen-bond acceptors (Lipinski definition) is 4. The van der Waals surface area contributed by atoms with Gasteiger partial charge in [-0.15, -0.1) is 0 Å². The van der Waals surface area contributed by atoms with Crippen molar-refractivity contribution in [2.45, 2.75) is 23.8 Å². The molecule has 2 atom stereocenters. The third-order valence-corrected chi connectivity index (χ3v) is 5.12. The number of carbonyl (C=O) groups is 2. The van der Waals surface area contributed by atoms with E-state index in [1.807, 2.05) is 24.3 Å². The Labute approximate surface area is 120 Å². The predicted molar refractivity (Wildman–Crippen MR) is 75.2 cm³/mol. The smallest absolute Gasteiger partial charge is 0.348 e. The molecular weight excluding hydrogens is 272 g/mol. The molecule has 0 radical (unpaired) electrons. The quantitative estimate of drug-likeness (QED) is 0.783. The van der Waals surface area contributed by atoms with Gasteiger partial charge in [0.05, 0.1) is 0 Å². The Morgan fingerprint density at radius 3 is 2.85 bits per heavy atom. The molecule has 0 aromatic heterocycles. The summed E-state index contributed by atoms with van der Waals surface area (Å²) in [6.07, 6.45) is 4.75. The van der Waals surface area contributed by atoms with Crippen LogP contribution in [0.2, 0.25) is 0 Å². The minimum absolute atomic E-state index is 0.146. The summed E-state index contributed by atoms with van der Waals surface area (Å²) in [6, 6.07) is 8.18. The van der Waals surface area contributed by atoms with Crippen molar-refractivity contribution in [2.75, 3.05) is 0 Å². The van der Waals surface area contributed by atoms with Gasteiger partial charge >= 0.3 is 5.97 Å². The molecule has 2 aliphatic heterocycles. The number of allylic oxidation sites excluding steroid dienone is 3. The fourth-order valence-electron chi connectivity index (χ4n) is 2.73. The maximum atomic E-state index is 12.6. The van der Waals surface area contributed by atoms with Gasteiger partial charge in [0, 0.05) is 34.1 Å². The summed E-state index contributed by atoms with van der Waals surface area (Å²) < 4.78 is 4.81. The Morgan fingerprint density at radius 1 is 1.25 bits per heavy atom. The molecule has 4 rings (SSSR count). The summed E-state index contributed by atoms with van der Waals surface area (Å²) in [4.78, 5) is 25.8. The van der Waals surface area contributed by atoms with Gasteiger partial charge in [-0.2, -0.15) is 0 Å². The molecule has 1 aromatic carbocycles. The van der Waals surface area contributed by atoms with Gasteiger partial charge < -0.3 is 4.74 Å². The van der Waals surface area contributed by atoms with E-state index < -0.39 is 0 Å². The number of thioether (sulfide) groups is 1. The first-order chi connectivity index (χ1) is 9.72. The van der Waals surface area contributed by atoms with E-state index in [2.05, 4.69) is 12.1 Å². The van der Waals surface area contributed by atoms with Crippen molar-refractivity contribution in [1.29, 1.82) is 0 Å². The highest BCUT2D eigenvalue weighted by atomic mass is 32.2. The van der Waals surface area contributed by atoms with Gasteiger partial charge in [0.2, 0.25) is 0 Å². The molecular formula is C16H12O3S. The lowest BCUT2D eigenvalue weighted by Gasteiger charge is -2.25. The normalized spacial score (nSPS) is 27.0. The number of cyclic esters (lactones) is 1. The van der Waals surface area contributed by atoms with E-state index in [0.29, 0.717) is 12.8 Å².